The Bertz CT molecular complexity index is 869. The van der Waals surface area contributed by atoms with E-state index in [1.165, 1.54) is 0 Å². The quantitative estimate of drug-likeness (QED) is 0.712. The van der Waals surface area contributed by atoms with Crippen LogP contribution >= 0.6 is 11.3 Å². The van der Waals surface area contributed by atoms with Crippen molar-refractivity contribution >= 4 is 27.4 Å². The monoisotopic (exact) mass is 359 g/mol. The number of hydrogen-bond donors (Lipinski definition) is 1. The van der Waals surface area contributed by atoms with Gasteiger partial charge in [0.25, 0.3) is 0 Å². The smallest absolute Gasteiger partial charge is 0.203 e. The number of aryl methyl sites for hydroxylation is 1. The van der Waals surface area contributed by atoms with Crippen LogP contribution in [-0.2, 0) is 0 Å². The number of aromatic nitrogens is 2. The molecule has 2 aromatic heterocycles. The Hall–Kier alpha value is -2.54. The van der Waals surface area contributed by atoms with E-state index in [1.54, 1.807) is 32.7 Å². The average Bonchev–Trinajstić information content (AvgIpc) is 3.08. The van der Waals surface area contributed by atoms with E-state index in [0.29, 0.717) is 17.2 Å². The predicted molar refractivity (Wildman–Crippen MR) is 100 cm³/mol. The number of ether oxygens (including phenoxy) is 3. The molecule has 3 aromatic rings. The largest absolute Gasteiger partial charge is 0.493 e. The third-order valence-electron chi connectivity index (χ3n) is 3.98. The minimum absolute atomic E-state index is 0.00824. The van der Waals surface area contributed by atoms with Crippen LogP contribution in [0.2, 0.25) is 0 Å². The maximum Gasteiger partial charge on any atom is 0.203 e. The van der Waals surface area contributed by atoms with Crippen LogP contribution in [0.1, 0.15) is 24.4 Å². The summed E-state index contributed by atoms with van der Waals surface area (Å²) in [6.07, 6.45) is 0. The van der Waals surface area contributed by atoms with Gasteiger partial charge in [0.05, 0.1) is 32.8 Å². The van der Waals surface area contributed by atoms with Crippen LogP contribution in [0.15, 0.2) is 23.6 Å². The number of rotatable bonds is 6. The Kier molecular flexibility index (Phi) is 4.94. The summed E-state index contributed by atoms with van der Waals surface area (Å²) in [6.45, 7) is 3.96. The van der Waals surface area contributed by atoms with E-state index >= 15 is 0 Å². The van der Waals surface area contributed by atoms with Crippen LogP contribution in [0.3, 0.4) is 0 Å². The lowest BCUT2D eigenvalue weighted by atomic mass is 10.1. The zero-order valence-electron chi connectivity index (χ0n) is 14.9. The third kappa shape index (κ3) is 3.32. The van der Waals surface area contributed by atoms with Gasteiger partial charge in [-0.25, -0.2) is 9.97 Å². The molecule has 2 heterocycles. The first kappa shape index (κ1) is 17.3. The Balaban J connectivity index is 1.97. The lowest BCUT2D eigenvalue weighted by Gasteiger charge is -2.19. The van der Waals surface area contributed by atoms with Crippen molar-refractivity contribution in [2.24, 2.45) is 0 Å². The summed E-state index contributed by atoms with van der Waals surface area (Å²) in [5, 5.41) is 6.52. The van der Waals surface area contributed by atoms with Crippen LogP contribution < -0.4 is 19.5 Å². The summed E-state index contributed by atoms with van der Waals surface area (Å²) in [5.41, 5.74) is 1.01. The molecule has 0 aliphatic rings. The molecule has 0 radical (unpaired) electrons. The van der Waals surface area contributed by atoms with Crippen molar-refractivity contribution < 1.29 is 14.2 Å². The molecule has 6 nitrogen and oxygen atoms in total. The summed E-state index contributed by atoms with van der Waals surface area (Å²) in [7, 11) is 4.82. The zero-order valence-corrected chi connectivity index (χ0v) is 15.7. The fraction of sp³-hybridized carbons (Fsp3) is 0.333. The predicted octanol–water partition coefficient (Wildman–Crippen LogP) is 4.20. The Morgan fingerprint density at radius 3 is 2.32 bits per heavy atom. The molecule has 1 unspecified atom stereocenters. The fourth-order valence-electron chi connectivity index (χ4n) is 2.71. The van der Waals surface area contributed by atoms with Gasteiger partial charge in [0.2, 0.25) is 5.75 Å². The van der Waals surface area contributed by atoms with Gasteiger partial charge in [0.15, 0.2) is 11.5 Å². The average molecular weight is 359 g/mol. The number of hydrogen-bond acceptors (Lipinski definition) is 7. The number of nitrogens with one attached hydrogen (secondary N) is 1. The Morgan fingerprint density at radius 2 is 1.72 bits per heavy atom. The number of methoxy groups -OCH3 is 3. The van der Waals surface area contributed by atoms with Crippen molar-refractivity contribution in [3.05, 3.63) is 35.0 Å². The van der Waals surface area contributed by atoms with Crippen LogP contribution in [0.5, 0.6) is 17.2 Å². The molecule has 0 aliphatic carbocycles. The molecule has 0 bridgehead atoms. The molecule has 132 valence electrons. The molecule has 0 saturated carbocycles. The third-order valence-corrected chi connectivity index (χ3v) is 4.78. The minimum Gasteiger partial charge on any atom is -0.493 e. The molecule has 0 amide bonds. The van der Waals surface area contributed by atoms with Crippen LogP contribution in [-0.4, -0.2) is 31.3 Å². The van der Waals surface area contributed by atoms with Crippen molar-refractivity contribution in [2.45, 2.75) is 19.9 Å². The van der Waals surface area contributed by atoms with Crippen LogP contribution in [0.25, 0.3) is 10.2 Å². The van der Waals surface area contributed by atoms with Gasteiger partial charge < -0.3 is 19.5 Å². The summed E-state index contributed by atoms with van der Waals surface area (Å²) in [4.78, 5) is 10.00. The van der Waals surface area contributed by atoms with Gasteiger partial charge in [0.1, 0.15) is 16.5 Å². The highest BCUT2D eigenvalue weighted by Gasteiger charge is 2.17. The van der Waals surface area contributed by atoms with Crippen molar-refractivity contribution in [3.8, 4) is 17.2 Å². The van der Waals surface area contributed by atoms with E-state index in [0.717, 1.165) is 27.4 Å². The summed E-state index contributed by atoms with van der Waals surface area (Å²) in [6, 6.07) is 5.91. The Morgan fingerprint density at radius 1 is 1.04 bits per heavy atom. The van der Waals surface area contributed by atoms with Crippen molar-refractivity contribution in [1.29, 1.82) is 0 Å². The lowest BCUT2D eigenvalue weighted by Crippen LogP contribution is -2.10. The van der Waals surface area contributed by atoms with Crippen LogP contribution in [0.4, 0.5) is 5.82 Å². The first-order valence-corrected chi connectivity index (χ1v) is 8.73. The molecular formula is C18H21N3O3S. The van der Waals surface area contributed by atoms with E-state index in [-0.39, 0.29) is 6.04 Å². The second-order valence-electron chi connectivity index (χ2n) is 5.58. The normalized spacial score (nSPS) is 12.0. The van der Waals surface area contributed by atoms with Gasteiger partial charge in [0, 0.05) is 0 Å². The van der Waals surface area contributed by atoms with Gasteiger partial charge in [-0.05, 0) is 43.0 Å². The molecule has 0 saturated heterocycles. The fourth-order valence-corrected chi connectivity index (χ4v) is 3.52. The van der Waals surface area contributed by atoms with Gasteiger partial charge in [-0.2, -0.15) is 0 Å². The molecule has 0 spiro atoms. The first-order valence-electron chi connectivity index (χ1n) is 7.85. The molecule has 7 heteroatoms. The second-order valence-corrected chi connectivity index (χ2v) is 6.48. The molecule has 0 fully saturated rings. The van der Waals surface area contributed by atoms with E-state index in [4.69, 9.17) is 14.2 Å². The SMILES string of the molecule is COc1cc(C(C)Nc2nc(C)nc3sccc23)cc(OC)c1OC. The number of thiophene rings is 1. The maximum atomic E-state index is 5.44. The Labute approximate surface area is 150 Å². The standard InChI is InChI=1S/C18H21N3O3S/c1-10(12-8-14(22-3)16(24-5)15(9-12)23-4)19-17-13-6-7-25-18(13)21-11(2)20-17/h6-10H,1-5H3,(H,19,20,21). The van der Waals surface area contributed by atoms with E-state index in [1.807, 2.05) is 30.5 Å². The first-order chi connectivity index (χ1) is 12.1. The molecule has 3 rings (SSSR count). The molecule has 1 N–H and O–H groups in total. The molecule has 1 atom stereocenters. The number of anilines is 1. The molecule has 0 aliphatic heterocycles. The number of fused-ring (bicyclic) bond motifs is 1. The van der Waals surface area contributed by atoms with Gasteiger partial charge in [-0.15, -0.1) is 11.3 Å². The summed E-state index contributed by atoms with van der Waals surface area (Å²) >= 11 is 1.61. The summed E-state index contributed by atoms with van der Waals surface area (Å²) < 4.78 is 16.3. The van der Waals surface area contributed by atoms with Crippen molar-refractivity contribution in [1.82, 2.24) is 9.97 Å². The lowest BCUT2D eigenvalue weighted by molar-refractivity contribution is 0.323. The zero-order chi connectivity index (χ0) is 18.0. The van der Waals surface area contributed by atoms with Crippen molar-refractivity contribution in [3.63, 3.8) is 0 Å². The maximum absolute atomic E-state index is 5.44. The van der Waals surface area contributed by atoms with Gasteiger partial charge >= 0.3 is 0 Å². The number of nitrogens with zero attached hydrogens (tertiary/aromatic N) is 2. The minimum atomic E-state index is -0.00824. The number of benzene rings is 1. The highest BCUT2D eigenvalue weighted by atomic mass is 32.1. The van der Waals surface area contributed by atoms with Gasteiger partial charge in [-0.1, -0.05) is 0 Å². The topological polar surface area (TPSA) is 65.5 Å². The summed E-state index contributed by atoms with van der Waals surface area (Å²) in [5.74, 6) is 3.41. The molecule has 25 heavy (non-hydrogen) atoms. The van der Waals surface area contributed by atoms with E-state index in [9.17, 15) is 0 Å². The van der Waals surface area contributed by atoms with Crippen molar-refractivity contribution in [2.75, 3.05) is 26.6 Å². The van der Waals surface area contributed by atoms with Crippen LogP contribution in [0, 0.1) is 6.92 Å². The molecular weight excluding hydrogens is 338 g/mol. The highest BCUT2D eigenvalue weighted by molar-refractivity contribution is 7.16. The second kappa shape index (κ2) is 7.14. The van der Waals surface area contributed by atoms with Gasteiger partial charge in [-0.3, -0.25) is 0 Å². The van der Waals surface area contributed by atoms with E-state index < -0.39 is 0 Å². The highest BCUT2D eigenvalue weighted by Crippen LogP contribution is 2.40. The molecule has 1 aromatic carbocycles. The van der Waals surface area contributed by atoms with E-state index in [2.05, 4.69) is 22.2 Å².